The molecule has 0 unspecified atom stereocenters. The molecule has 7 nitrogen and oxygen atoms in total. The number of rotatable bonds is 3. The Morgan fingerprint density at radius 2 is 1.79 bits per heavy atom. The molecule has 0 N–H and O–H groups in total. The lowest BCUT2D eigenvalue weighted by atomic mass is 10.0. The van der Waals surface area contributed by atoms with Crippen LogP contribution >= 0.6 is 0 Å². The fourth-order valence-corrected chi connectivity index (χ4v) is 6.97. The van der Waals surface area contributed by atoms with Crippen LogP contribution in [0.4, 0.5) is 11.4 Å². The molecule has 28 heavy (non-hydrogen) atoms. The molecular formula is C19H20N2O5S2. The van der Waals surface area contributed by atoms with Gasteiger partial charge in [-0.05, 0) is 49.1 Å². The van der Waals surface area contributed by atoms with Crippen LogP contribution in [-0.2, 0) is 31.3 Å². The average molecular weight is 421 g/mol. The van der Waals surface area contributed by atoms with Crippen molar-refractivity contribution in [1.82, 2.24) is 0 Å². The quantitative estimate of drug-likeness (QED) is 0.759. The molecule has 0 radical (unpaired) electrons. The average Bonchev–Trinajstić information content (AvgIpc) is 2.94. The lowest BCUT2D eigenvalue weighted by Crippen LogP contribution is -2.36. The Balaban J connectivity index is 1.83. The largest absolute Gasteiger partial charge is 0.273 e. The second kappa shape index (κ2) is 6.59. The molecule has 9 heteroatoms. The van der Waals surface area contributed by atoms with Crippen LogP contribution in [0.2, 0.25) is 0 Å². The zero-order valence-corrected chi connectivity index (χ0v) is 17.0. The van der Waals surface area contributed by atoms with E-state index in [1.54, 1.807) is 25.1 Å². The Morgan fingerprint density at radius 3 is 2.50 bits per heavy atom. The Hall–Kier alpha value is -2.39. The van der Waals surface area contributed by atoms with Crippen LogP contribution in [0.15, 0.2) is 47.4 Å². The maximum atomic E-state index is 13.5. The van der Waals surface area contributed by atoms with Crippen molar-refractivity contribution >= 4 is 37.3 Å². The minimum absolute atomic E-state index is 0.0107. The van der Waals surface area contributed by atoms with Crippen LogP contribution < -0.4 is 8.61 Å². The molecule has 4 rings (SSSR count). The molecule has 0 atom stereocenters. The summed E-state index contributed by atoms with van der Waals surface area (Å²) in [5.41, 5.74) is 2.17. The standard InChI is InChI=1S/C19H20N2O5S2/c1-14-8-9-16(21-19(22)10-12-27(21,23)24)13-18(14)28(25,26)20-11-4-6-15-5-2-3-7-17(15)20/h2-3,5,7-9,13H,4,6,10-12H2,1H3. The molecule has 1 fully saturated rings. The number of amides is 1. The normalized spacial score (nSPS) is 19.0. The highest BCUT2D eigenvalue weighted by Gasteiger charge is 2.37. The van der Waals surface area contributed by atoms with Crippen molar-refractivity contribution in [1.29, 1.82) is 0 Å². The van der Waals surface area contributed by atoms with Gasteiger partial charge in [0.1, 0.15) is 0 Å². The summed E-state index contributed by atoms with van der Waals surface area (Å²) in [7, 11) is -7.67. The van der Waals surface area contributed by atoms with Crippen molar-refractivity contribution < 1.29 is 21.6 Å². The number of carbonyl (C=O) groups excluding carboxylic acids is 1. The molecule has 0 bridgehead atoms. The molecule has 148 valence electrons. The minimum atomic E-state index is -3.91. The number of carbonyl (C=O) groups is 1. The highest BCUT2D eigenvalue weighted by molar-refractivity contribution is 7.94. The minimum Gasteiger partial charge on any atom is -0.273 e. The molecule has 0 aliphatic carbocycles. The zero-order valence-electron chi connectivity index (χ0n) is 15.3. The lowest BCUT2D eigenvalue weighted by molar-refractivity contribution is -0.116. The molecule has 2 aliphatic heterocycles. The van der Waals surface area contributed by atoms with Gasteiger partial charge in [0.05, 0.1) is 22.0 Å². The Bertz CT molecular complexity index is 1170. The van der Waals surface area contributed by atoms with Gasteiger partial charge in [-0.1, -0.05) is 24.3 Å². The van der Waals surface area contributed by atoms with Crippen molar-refractivity contribution in [3.63, 3.8) is 0 Å². The van der Waals surface area contributed by atoms with Crippen molar-refractivity contribution in [2.75, 3.05) is 20.9 Å². The van der Waals surface area contributed by atoms with Gasteiger partial charge in [-0.3, -0.25) is 9.10 Å². The summed E-state index contributed by atoms with van der Waals surface area (Å²) >= 11 is 0. The highest BCUT2D eigenvalue weighted by Crippen LogP contribution is 2.35. The summed E-state index contributed by atoms with van der Waals surface area (Å²) in [6.07, 6.45) is 1.41. The molecule has 1 amide bonds. The molecule has 0 aromatic heterocycles. The zero-order chi connectivity index (χ0) is 20.1. The van der Waals surface area contributed by atoms with Crippen molar-refractivity contribution in [3.8, 4) is 0 Å². The van der Waals surface area contributed by atoms with E-state index in [0.29, 0.717) is 24.2 Å². The molecule has 1 saturated heterocycles. The van der Waals surface area contributed by atoms with Gasteiger partial charge in [0.25, 0.3) is 10.0 Å². The van der Waals surface area contributed by atoms with Crippen LogP contribution in [0, 0.1) is 6.92 Å². The number of sulfonamides is 2. The maximum absolute atomic E-state index is 13.5. The van der Waals surface area contributed by atoms with Crippen molar-refractivity contribution in [3.05, 3.63) is 53.6 Å². The van der Waals surface area contributed by atoms with E-state index in [2.05, 4.69) is 0 Å². The number of aryl methyl sites for hydroxylation is 2. The van der Waals surface area contributed by atoms with E-state index in [4.69, 9.17) is 0 Å². The number of benzene rings is 2. The summed E-state index contributed by atoms with van der Waals surface area (Å²) in [6.45, 7) is 2.01. The van der Waals surface area contributed by atoms with Gasteiger partial charge in [0.15, 0.2) is 0 Å². The lowest BCUT2D eigenvalue weighted by Gasteiger charge is -2.31. The summed E-state index contributed by atoms with van der Waals surface area (Å²) < 4.78 is 53.5. The molecular weight excluding hydrogens is 400 g/mol. The van der Waals surface area contributed by atoms with Crippen LogP contribution in [-0.4, -0.2) is 35.0 Å². The fraction of sp³-hybridized carbons (Fsp3) is 0.316. The number of hydrogen-bond acceptors (Lipinski definition) is 5. The molecule has 2 aliphatic rings. The third-order valence-corrected chi connectivity index (χ3v) is 8.77. The Labute approximate surface area is 164 Å². The van der Waals surface area contributed by atoms with Crippen LogP contribution in [0.5, 0.6) is 0 Å². The fourth-order valence-electron chi connectivity index (χ4n) is 3.73. The van der Waals surface area contributed by atoms with E-state index in [1.807, 2.05) is 12.1 Å². The third-order valence-electron chi connectivity index (χ3n) is 5.12. The number of para-hydroxylation sites is 1. The van der Waals surface area contributed by atoms with E-state index in [1.165, 1.54) is 16.4 Å². The van der Waals surface area contributed by atoms with E-state index >= 15 is 0 Å². The van der Waals surface area contributed by atoms with Crippen LogP contribution in [0.1, 0.15) is 24.0 Å². The summed E-state index contributed by atoms with van der Waals surface area (Å²) in [4.78, 5) is 12.1. The summed E-state index contributed by atoms with van der Waals surface area (Å²) in [6, 6.07) is 11.7. The molecule has 2 aromatic carbocycles. The number of fused-ring (bicyclic) bond motifs is 1. The predicted molar refractivity (Wildman–Crippen MR) is 106 cm³/mol. The topological polar surface area (TPSA) is 91.8 Å². The number of anilines is 2. The Morgan fingerprint density at radius 1 is 1.04 bits per heavy atom. The van der Waals surface area contributed by atoms with Crippen LogP contribution in [0.3, 0.4) is 0 Å². The van der Waals surface area contributed by atoms with E-state index in [0.717, 1.165) is 16.3 Å². The number of nitrogens with zero attached hydrogens (tertiary/aromatic N) is 2. The van der Waals surface area contributed by atoms with Gasteiger partial charge in [-0.15, -0.1) is 0 Å². The van der Waals surface area contributed by atoms with Gasteiger partial charge in [0.2, 0.25) is 15.9 Å². The Kier molecular flexibility index (Phi) is 4.46. The first kappa shape index (κ1) is 18.9. The first-order valence-electron chi connectivity index (χ1n) is 8.99. The van der Waals surface area contributed by atoms with Gasteiger partial charge in [-0.25, -0.2) is 21.1 Å². The number of hydrogen-bond donors (Lipinski definition) is 0. The predicted octanol–water partition coefficient (Wildman–Crippen LogP) is 2.20. The first-order chi connectivity index (χ1) is 13.2. The maximum Gasteiger partial charge on any atom is 0.264 e. The molecule has 2 heterocycles. The monoisotopic (exact) mass is 420 g/mol. The highest BCUT2D eigenvalue weighted by atomic mass is 32.2. The van der Waals surface area contributed by atoms with E-state index in [-0.39, 0.29) is 22.8 Å². The van der Waals surface area contributed by atoms with Gasteiger partial charge < -0.3 is 0 Å². The van der Waals surface area contributed by atoms with Gasteiger partial charge >= 0.3 is 0 Å². The SMILES string of the molecule is Cc1ccc(N2C(=O)CCS2(=O)=O)cc1S(=O)(=O)N1CCCc2ccccc21. The molecule has 0 saturated carbocycles. The van der Waals surface area contributed by atoms with Crippen LogP contribution in [0.25, 0.3) is 0 Å². The smallest absolute Gasteiger partial charge is 0.264 e. The van der Waals surface area contributed by atoms with Crippen molar-refractivity contribution in [2.45, 2.75) is 31.1 Å². The second-order valence-electron chi connectivity index (χ2n) is 6.98. The van der Waals surface area contributed by atoms with E-state index in [9.17, 15) is 21.6 Å². The summed E-state index contributed by atoms with van der Waals surface area (Å²) in [5.74, 6) is -0.808. The van der Waals surface area contributed by atoms with E-state index < -0.39 is 26.0 Å². The van der Waals surface area contributed by atoms with Gasteiger partial charge in [0, 0.05) is 13.0 Å². The molecule has 0 spiro atoms. The van der Waals surface area contributed by atoms with Gasteiger partial charge in [-0.2, -0.15) is 0 Å². The first-order valence-corrected chi connectivity index (χ1v) is 12.0. The third kappa shape index (κ3) is 2.98. The summed E-state index contributed by atoms with van der Waals surface area (Å²) in [5, 5.41) is 0. The molecule has 2 aromatic rings. The van der Waals surface area contributed by atoms with Crippen molar-refractivity contribution in [2.24, 2.45) is 0 Å². The second-order valence-corrected chi connectivity index (χ2v) is 10.8.